The molecule has 3 aromatic rings. The van der Waals surface area contributed by atoms with Crippen molar-refractivity contribution in [3.8, 4) is 0 Å². The van der Waals surface area contributed by atoms with E-state index in [2.05, 4.69) is 11.1 Å². The van der Waals surface area contributed by atoms with Crippen molar-refractivity contribution in [1.82, 2.24) is 14.8 Å². The zero-order valence-electron chi connectivity index (χ0n) is 18.9. The van der Waals surface area contributed by atoms with E-state index < -0.39 is 6.04 Å². The van der Waals surface area contributed by atoms with E-state index in [0.29, 0.717) is 31.0 Å². The average molecular weight is 466 g/mol. The van der Waals surface area contributed by atoms with Gasteiger partial charge < -0.3 is 19.5 Å². The first kappa shape index (κ1) is 22.0. The number of fused-ring (bicyclic) bond motifs is 4. The van der Waals surface area contributed by atoms with E-state index in [1.165, 1.54) is 0 Å². The smallest absolute Gasteiger partial charge is 0.246 e. The van der Waals surface area contributed by atoms with Gasteiger partial charge in [-0.15, -0.1) is 0 Å². The van der Waals surface area contributed by atoms with Gasteiger partial charge in [0.05, 0.1) is 18.7 Å². The van der Waals surface area contributed by atoms with E-state index in [0.717, 1.165) is 27.7 Å². The number of nitrogens with one attached hydrogen (secondary N) is 1. The lowest BCUT2D eigenvalue weighted by molar-refractivity contribution is -0.158. The molecule has 6 nitrogen and oxygen atoms in total. The number of benzene rings is 2. The van der Waals surface area contributed by atoms with Crippen LogP contribution in [0.3, 0.4) is 0 Å². The molecule has 0 unspecified atom stereocenters. The van der Waals surface area contributed by atoms with Gasteiger partial charge in [-0.3, -0.25) is 9.59 Å². The monoisotopic (exact) mass is 465 g/mol. The Morgan fingerprint density at radius 2 is 1.88 bits per heavy atom. The zero-order chi connectivity index (χ0) is 23.1. The maximum atomic E-state index is 13.6. The van der Waals surface area contributed by atoms with Crippen LogP contribution in [-0.4, -0.2) is 58.4 Å². The minimum Gasteiger partial charge on any atom is -0.379 e. The lowest BCUT2D eigenvalue weighted by Crippen LogP contribution is -2.63. The number of nitrogens with zero attached hydrogens (tertiary/aromatic N) is 2. The number of hydrogen-bond acceptors (Lipinski definition) is 3. The van der Waals surface area contributed by atoms with Gasteiger partial charge in [0, 0.05) is 41.2 Å². The van der Waals surface area contributed by atoms with E-state index in [1.54, 1.807) is 9.80 Å². The number of aromatic amines is 1. The second kappa shape index (κ2) is 8.84. The summed E-state index contributed by atoms with van der Waals surface area (Å²) in [5.41, 5.74) is 4.05. The van der Waals surface area contributed by atoms with Gasteiger partial charge in [-0.1, -0.05) is 41.9 Å². The topological polar surface area (TPSA) is 65.6 Å². The highest BCUT2D eigenvalue weighted by atomic mass is 35.5. The molecular formula is C26H28ClN3O3. The van der Waals surface area contributed by atoms with Crippen LogP contribution in [0.5, 0.6) is 0 Å². The van der Waals surface area contributed by atoms with Crippen LogP contribution < -0.4 is 0 Å². The van der Waals surface area contributed by atoms with Crippen molar-refractivity contribution in [3.63, 3.8) is 0 Å². The number of carbonyl (C=O) groups excluding carboxylic acids is 2. The maximum absolute atomic E-state index is 13.6. The molecule has 0 saturated carbocycles. The van der Waals surface area contributed by atoms with Crippen LogP contribution in [0, 0.1) is 0 Å². The summed E-state index contributed by atoms with van der Waals surface area (Å²) in [6, 6.07) is 14.8. The van der Waals surface area contributed by atoms with Crippen LogP contribution in [0.25, 0.3) is 10.9 Å². The highest BCUT2D eigenvalue weighted by Crippen LogP contribution is 2.42. The first-order valence-electron chi connectivity index (χ1n) is 11.5. The van der Waals surface area contributed by atoms with E-state index in [4.69, 9.17) is 16.3 Å². The molecule has 33 heavy (non-hydrogen) atoms. The first-order valence-corrected chi connectivity index (χ1v) is 11.9. The van der Waals surface area contributed by atoms with E-state index in [-0.39, 0.29) is 30.5 Å². The third kappa shape index (κ3) is 4.02. The summed E-state index contributed by atoms with van der Waals surface area (Å²) in [4.78, 5) is 34.1. The Balaban J connectivity index is 1.52. The van der Waals surface area contributed by atoms with Gasteiger partial charge in [-0.05, 0) is 49.6 Å². The maximum Gasteiger partial charge on any atom is 0.246 e. The van der Waals surface area contributed by atoms with Crippen LogP contribution in [0.15, 0.2) is 48.5 Å². The van der Waals surface area contributed by atoms with Crippen molar-refractivity contribution in [2.45, 2.75) is 44.9 Å². The Labute approximate surface area is 198 Å². The molecule has 2 amide bonds. The molecule has 0 bridgehead atoms. The molecule has 1 fully saturated rings. The van der Waals surface area contributed by atoms with Gasteiger partial charge in [0.1, 0.15) is 6.04 Å². The zero-order valence-corrected chi connectivity index (χ0v) is 19.6. The van der Waals surface area contributed by atoms with Crippen molar-refractivity contribution in [1.29, 1.82) is 0 Å². The lowest BCUT2D eigenvalue weighted by atomic mass is 9.86. The molecule has 2 aliphatic heterocycles. The predicted molar refractivity (Wildman–Crippen MR) is 128 cm³/mol. The summed E-state index contributed by atoms with van der Waals surface area (Å²) < 4.78 is 5.62. The van der Waals surface area contributed by atoms with Crippen LogP contribution in [-0.2, 0) is 20.7 Å². The van der Waals surface area contributed by atoms with Gasteiger partial charge in [0.25, 0.3) is 0 Å². The Morgan fingerprint density at radius 3 is 2.64 bits per heavy atom. The number of piperazine rings is 1. The summed E-state index contributed by atoms with van der Waals surface area (Å²) in [5, 5.41) is 1.74. The number of halogens is 1. The van der Waals surface area contributed by atoms with Crippen LogP contribution in [0.4, 0.5) is 0 Å². The fourth-order valence-corrected chi connectivity index (χ4v) is 5.20. The summed E-state index contributed by atoms with van der Waals surface area (Å²) in [6.07, 6.45) is 1.37. The van der Waals surface area contributed by atoms with Gasteiger partial charge in [0.2, 0.25) is 11.8 Å². The van der Waals surface area contributed by atoms with Gasteiger partial charge in [-0.25, -0.2) is 0 Å². The molecule has 5 rings (SSSR count). The number of rotatable bonds is 6. The highest BCUT2D eigenvalue weighted by molar-refractivity contribution is 6.30. The summed E-state index contributed by atoms with van der Waals surface area (Å²) in [6.45, 7) is 5.17. The normalized spacial score (nSPS) is 20.5. The number of ether oxygens (including phenoxy) is 1. The molecular weight excluding hydrogens is 438 g/mol. The molecule has 172 valence electrons. The van der Waals surface area contributed by atoms with Gasteiger partial charge >= 0.3 is 0 Å². The lowest BCUT2D eigenvalue weighted by Gasteiger charge is -2.47. The second-order valence-electron chi connectivity index (χ2n) is 9.07. The quantitative estimate of drug-likeness (QED) is 0.551. The largest absolute Gasteiger partial charge is 0.379 e. The van der Waals surface area contributed by atoms with Crippen molar-refractivity contribution in [2.24, 2.45) is 0 Å². The molecule has 0 radical (unpaired) electrons. The van der Waals surface area contributed by atoms with Crippen LogP contribution in [0.1, 0.15) is 43.1 Å². The fourth-order valence-electron chi connectivity index (χ4n) is 5.08. The molecule has 2 atom stereocenters. The molecule has 2 aliphatic rings. The summed E-state index contributed by atoms with van der Waals surface area (Å²) >= 11 is 6.14. The Morgan fingerprint density at radius 1 is 1.12 bits per heavy atom. The summed E-state index contributed by atoms with van der Waals surface area (Å²) in [5.74, 6) is -0.0253. The minimum absolute atomic E-state index is 0.00837. The minimum atomic E-state index is -0.523. The van der Waals surface area contributed by atoms with Gasteiger partial charge in [-0.2, -0.15) is 0 Å². The number of hydrogen-bond donors (Lipinski definition) is 1. The van der Waals surface area contributed by atoms with Crippen molar-refractivity contribution in [3.05, 3.63) is 70.4 Å². The van der Waals surface area contributed by atoms with E-state index >= 15 is 0 Å². The van der Waals surface area contributed by atoms with Crippen molar-refractivity contribution < 1.29 is 14.3 Å². The standard InChI is InChI=1S/C26H28ClN3O3/c1-16(2)33-13-5-12-29-15-23(31)30-22(26(29)32)14-20-19-6-3-4-7-21(19)28-24(20)25(30)17-8-10-18(27)11-9-17/h3-4,6-11,16,22,25,28H,5,12-15H2,1-2H3/t22-,25-/m0/s1. The SMILES string of the molecule is CC(C)OCCCN1CC(=O)N2[C@@H](c3ccc(Cl)cc3)c3[nH]c4ccccc4c3C[C@H]2C1=O. The Bertz CT molecular complexity index is 1190. The molecule has 7 heteroatoms. The molecule has 1 aromatic heterocycles. The van der Waals surface area contributed by atoms with E-state index in [1.807, 2.05) is 56.3 Å². The first-order chi connectivity index (χ1) is 15.9. The van der Waals surface area contributed by atoms with Crippen LogP contribution >= 0.6 is 11.6 Å². The highest BCUT2D eigenvalue weighted by Gasteiger charge is 2.48. The number of aromatic nitrogens is 1. The number of para-hydroxylation sites is 1. The molecule has 3 heterocycles. The van der Waals surface area contributed by atoms with E-state index in [9.17, 15) is 9.59 Å². The van der Waals surface area contributed by atoms with Crippen LogP contribution in [0.2, 0.25) is 5.02 Å². The Kier molecular flexibility index (Phi) is 5.89. The average Bonchev–Trinajstić information content (AvgIpc) is 3.17. The van der Waals surface area contributed by atoms with Gasteiger partial charge in [0.15, 0.2) is 0 Å². The number of H-pyrrole nitrogens is 1. The number of amides is 2. The third-order valence-corrected chi connectivity index (χ3v) is 6.80. The molecule has 1 saturated heterocycles. The summed E-state index contributed by atoms with van der Waals surface area (Å²) in [7, 11) is 0. The third-order valence-electron chi connectivity index (χ3n) is 6.55. The molecule has 0 aliphatic carbocycles. The molecule has 2 aromatic carbocycles. The second-order valence-corrected chi connectivity index (χ2v) is 9.51. The molecule has 1 N–H and O–H groups in total. The van der Waals surface area contributed by atoms with Crippen molar-refractivity contribution in [2.75, 3.05) is 19.7 Å². The predicted octanol–water partition coefficient (Wildman–Crippen LogP) is 4.32. The van der Waals surface area contributed by atoms with Crippen molar-refractivity contribution >= 4 is 34.3 Å². The number of carbonyl (C=O) groups is 2. The fraction of sp³-hybridized carbons (Fsp3) is 0.385. The molecule has 0 spiro atoms. The Hall–Kier alpha value is -2.83.